The highest BCUT2D eigenvalue weighted by molar-refractivity contribution is 6.06. The van der Waals surface area contributed by atoms with Gasteiger partial charge in [0, 0.05) is 17.6 Å². The predicted molar refractivity (Wildman–Crippen MR) is 159 cm³/mol. The van der Waals surface area contributed by atoms with Crippen molar-refractivity contribution in [2.75, 3.05) is 5.32 Å². The summed E-state index contributed by atoms with van der Waals surface area (Å²) >= 11 is 0. The summed E-state index contributed by atoms with van der Waals surface area (Å²) in [6.45, 7) is 13.9. The number of ether oxygens (including phenoxy) is 2. The second-order valence-electron chi connectivity index (χ2n) is 10.5. The first-order chi connectivity index (χ1) is 19.0. The third kappa shape index (κ3) is 8.09. The molecule has 40 heavy (non-hydrogen) atoms. The molecule has 4 N–H and O–H groups in total. The number of nitrogens with zero attached hydrogens (tertiary/aromatic N) is 1. The van der Waals surface area contributed by atoms with Crippen molar-refractivity contribution in [2.24, 2.45) is 11.7 Å². The molecule has 0 aliphatic heterocycles. The largest absolute Gasteiger partial charge is 0.487 e. The van der Waals surface area contributed by atoms with Crippen molar-refractivity contribution in [1.29, 1.82) is 0 Å². The number of carbonyl (C=O) groups is 2. The molecule has 0 saturated heterocycles. The number of hydrogen-bond donors (Lipinski definition) is 3. The lowest BCUT2D eigenvalue weighted by Crippen LogP contribution is -2.38. The quantitative estimate of drug-likeness (QED) is 0.267. The van der Waals surface area contributed by atoms with Crippen LogP contribution in [0.5, 0.6) is 11.5 Å². The fourth-order valence-electron chi connectivity index (χ4n) is 3.90. The number of pyridine rings is 1. The van der Waals surface area contributed by atoms with Crippen molar-refractivity contribution < 1.29 is 19.1 Å². The van der Waals surface area contributed by atoms with Gasteiger partial charge in [0.1, 0.15) is 11.7 Å². The predicted octanol–water partition coefficient (Wildman–Crippen LogP) is 6.11. The van der Waals surface area contributed by atoms with Crippen LogP contribution < -0.4 is 25.8 Å². The maximum absolute atomic E-state index is 13.5. The van der Waals surface area contributed by atoms with Gasteiger partial charge in [-0.25, -0.2) is 0 Å². The summed E-state index contributed by atoms with van der Waals surface area (Å²) in [5.74, 6) is 0.279. The van der Waals surface area contributed by atoms with Gasteiger partial charge in [0.15, 0.2) is 11.5 Å². The molecule has 0 bridgehead atoms. The summed E-state index contributed by atoms with van der Waals surface area (Å²) in [6, 6.07) is 16.9. The molecule has 0 aliphatic rings. The van der Waals surface area contributed by atoms with Crippen LogP contribution in [0.25, 0.3) is 5.70 Å². The molecule has 0 saturated carbocycles. The Morgan fingerprint density at radius 2 is 1.50 bits per heavy atom. The van der Waals surface area contributed by atoms with Gasteiger partial charge < -0.3 is 20.5 Å². The minimum Gasteiger partial charge on any atom is -0.487 e. The zero-order valence-corrected chi connectivity index (χ0v) is 24.3. The summed E-state index contributed by atoms with van der Waals surface area (Å²) < 4.78 is 11.9. The first kappa shape index (κ1) is 30.2. The number of nitrogens with one attached hydrogen (secondary N) is 2. The molecule has 3 aromatic rings. The molecule has 2 amide bonds. The number of amides is 2. The van der Waals surface area contributed by atoms with Crippen LogP contribution in [0.2, 0.25) is 0 Å². The molecule has 0 aliphatic carbocycles. The first-order valence-corrected chi connectivity index (χ1v) is 13.5. The van der Waals surface area contributed by atoms with Crippen LogP contribution in [-0.2, 0) is 4.79 Å². The van der Waals surface area contributed by atoms with E-state index in [9.17, 15) is 9.59 Å². The van der Waals surface area contributed by atoms with Crippen LogP contribution in [-0.4, -0.2) is 29.0 Å². The van der Waals surface area contributed by atoms with Crippen LogP contribution in [0.3, 0.4) is 0 Å². The van der Waals surface area contributed by atoms with Gasteiger partial charge in [-0.05, 0) is 93.6 Å². The van der Waals surface area contributed by atoms with E-state index in [0.29, 0.717) is 28.7 Å². The van der Waals surface area contributed by atoms with E-state index in [0.717, 1.165) is 16.8 Å². The van der Waals surface area contributed by atoms with E-state index in [-0.39, 0.29) is 17.9 Å². The molecule has 2 aromatic carbocycles. The van der Waals surface area contributed by atoms with Crippen molar-refractivity contribution in [1.82, 2.24) is 10.3 Å². The van der Waals surface area contributed by atoms with Crippen LogP contribution in [0.15, 0.2) is 72.4 Å². The Bertz CT molecular complexity index is 1330. The van der Waals surface area contributed by atoms with E-state index in [4.69, 9.17) is 15.2 Å². The fraction of sp³-hybridized carbons (Fsp3) is 0.344. The standard InChI is InChI=1S/C32H40N4O4/c1-19(2)22(7)29(33)23-11-14-25(15-12-23)35-30(32(38)36-31(37)26-10-8-9-17-34-26)24-13-16-27(39-20(3)4)28(18-24)40-21(5)6/h8-21,30,35H,33H2,1-7H3,(H,36,37,38)/b29-22+. The fourth-order valence-corrected chi connectivity index (χ4v) is 3.90. The Morgan fingerprint density at radius 1 is 0.850 bits per heavy atom. The Kier molecular flexibility index (Phi) is 10.3. The molecule has 0 spiro atoms. The SMILES string of the molecule is C/C(=C(\N)c1ccc(NC(C(=O)NC(=O)c2ccccn2)c2ccc(OC(C)C)c(OC(C)C)c2)cc1)C(C)C. The van der Waals surface area contributed by atoms with Crippen LogP contribution in [0, 0.1) is 5.92 Å². The molecule has 0 fully saturated rings. The number of benzene rings is 2. The molecule has 1 heterocycles. The smallest absolute Gasteiger partial charge is 0.276 e. The minimum atomic E-state index is -0.925. The van der Waals surface area contributed by atoms with Crippen molar-refractivity contribution >= 4 is 23.2 Å². The van der Waals surface area contributed by atoms with E-state index in [2.05, 4.69) is 29.5 Å². The number of imide groups is 1. The Hall–Kier alpha value is -4.33. The van der Waals surface area contributed by atoms with Crippen molar-refractivity contribution in [3.8, 4) is 11.5 Å². The third-order valence-electron chi connectivity index (χ3n) is 6.22. The molecular formula is C32H40N4O4. The molecule has 212 valence electrons. The van der Waals surface area contributed by atoms with E-state index in [1.807, 2.05) is 58.9 Å². The molecule has 1 unspecified atom stereocenters. The minimum absolute atomic E-state index is 0.0621. The lowest BCUT2D eigenvalue weighted by atomic mass is 9.99. The molecule has 3 rings (SSSR count). The molecule has 1 atom stereocenters. The van der Waals surface area contributed by atoms with E-state index in [1.165, 1.54) is 6.20 Å². The van der Waals surface area contributed by atoms with Crippen molar-refractivity contribution in [2.45, 2.75) is 66.7 Å². The van der Waals surface area contributed by atoms with Crippen LogP contribution >= 0.6 is 0 Å². The van der Waals surface area contributed by atoms with Gasteiger partial charge in [-0.2, -0.15) is 0 Å². The maximum Gasteiger partial charge on any atom is 0.276 e. The van der Waals surface area contributed by atoms with Gasteiger partial charge in [0.2, 0.25) is 0 Å². The van der Waals surface area contributed by atoms with Gasteiger partial charge in [-0.15, -0.1) is 0 Å². The summed E-state index contributed by atoms with van der Waals surface area (Å²) in [4.78, 5) is 30.4. The number of nitrogens with two attached hydrogens (primary N) is 1. The Morgan fingerprint density at radius 3 is 2.08 bits per heavy atom. The molecule has 1 aromatic heterocycles. The average Bonchev–Trinajstić information content (AvgIpc) is 2.92. The highest BCUT2D eigenvalue weighted by Gasteiger charge is 2.25. The molecule has 8 nitrogen and oxygen atoms in total. The van der Waals surface area contributed by atoms with E-state index in [1.54, 1.807) is 36.4 Å². The zero-order valence-electron chi connectivity index (χ0n) is 24.3. The van der Waals surface area contributed by atoms with Crippen molar-refractivity contribution in [3.63, 3.8) is 0 Å². The summed E-state index contributed by atoms with van der Waals surface area (Å²) in [6.07, 6.45) is 1.32. The second-order valence-corrected chi connectivity index (χ2v) is 10.5. The van der Waals surface area contributed by atoms with Gasteiger partial charge in [-0.3, -0.25) is 19.9 Å². The van der Waals surface area contributed by atoms with E-state index >= 15 is 0 Å². The average molecular weight is 545 g/mol. The highest BCUT2D eigenvalue weighted by Crippen LogP contribution is 2.34. The Labute approximate surface area is 237 Å². The monoisotopic (exact) mass is 544 g/mol. The maximum atomic E-state index is 13.5. The van der Waals surface area contributed by atoms with Crippen molar-refractivity contribution in [3.05, 3.63) is 89.3 Å². The summed E-state index contributed by atoms with van der Waals surface area (Å²) in [7, 11) is 0. The Balaban J connectivity index is 1.98. The highest BCUT2D eigenvalue weighted by atomic mass is 16.5. The van der Waals surface area contributed by atoms with E-state index < -0.39 is 17.9 Å². The lowest BCUT2D eigenvalue weighted by molar-refractivity contribution is -0.121. The third-order valence-corrected chi connectivity index (χ3v) is 6.22. The van der Waals surface area contributed by atoms with Gasteiger partial charge >= 0.3 is 0 Å². The number of hydrogen-bond acceptors (Lipinski definition) is 7. The van der Waals surface area contributed by atoms with Gasteiger partial charge in [0.25, 0.3) is 11.8 Å². The number of allylic oxidation sites excluding steroid dienone is 1. The van der Waals surface area contributed by atoms with Gasteiger partial charge in [-0.1, -0.05) is 38.1 Å². The number of anilines is 1. The first-order valence-electron chi connectivity index (χ1n) is 13.5. The second kappa shape index (κ2) is 13.6. The number of aromatic nitrogens is 1. The van der Waals surface area contributed by atoms with Gasteiger partial charge in [0.05, 0.1) is 12.2 Å². The summed E-state index contributed by atoms with van der Waals surface area (Å²) in [5.41, 5.74) is 10.5. The number of rotatable bonds is 11. The lowest BCUT2D eigenvalue weighted by Gasteiger charge is -2.23. The normalized spacial score (nSPS) is 12.7. The summed E-state index contributed by atoms with van der Waals surface area (Å²) in [5, 5.41) is 5.75. The topological polar surface area (TPSA) is 116 Å². The van der Waals surface area contributed by atoms with Crippen LogP contribution in [0.4, 0.5) is 5.69 Å². The molecule has 0 radical (unpaired) electrons. The zero-order chi connectivity index (χ0) is 29.4. The number of carbonyl (C=O) groups excluding carboxylic acids is 2. The molecule has 8 heteroatoms. The molecular weight excluding hydrogens is 504 g/mol. The van der Waals surface area contributed by atoms with Crippen LogP contribution in [0.1, 0.15) is 76.1 Å².